The Bertz CT molecular complexity index is 987. The first-order valence-corrected chi connectivity index (χ1v) is 11.3. The van der Waals surface area contributed by atoms with Crippen LogP contribution < -0.4 is 4.90 Å². The van der Waals surface area contributed by atoms with Crippen LogP contribution in [0.25, 0.3) is 0 Å². The van der Waals surface area contributed by atoms with Crippen molar-refractivity contribution in [2.45, 2.75) is 57.0 Å². The number of hydrogen-bond acceptors (Lipinski definition) is 4. The van der Waals surface area contributed by atoms with Crippen LogP contribution in [0.1, 0.15) is 50.3 Å². The number of likely N-dealkylation sites (tertiary alicyclic amines) is 1. The van der Waals surface area contributed by atoms with Crippen molar-refractivity contribution in [3.63, 3.8) is 0 Å². The van der Waals surface area contributed by atoms with Crippen molar-refractivity contribution in [3.8, 4) is 0 Å². The van der Waals surface area contributed by atoms with Gasteiger partial charge in [-0.2, -0.15) is 0 Å². The van der Waals surface area contributed by atoms with Crippen molar-refractivity contribution < 1.29 is 18.7 Å². The molecule has 0 bridgehead atoms. The van der Waals surface area contributed by atoms with E-state index < -0.39 is 22.7 Å². The molecular formula is C25H31F2N3O2. The second-order valence-corrected chi connectivity index (χ2v) is 9.61. The second-order valence-electron chi connectivity index (χ2n) is 9.61. The van der Waals surface area contributed by atoms with Crippen LogP contribution in [0.4, 0.5) is 14.6 Å². The smallest absolute Gasteiger partial charge is 0.228 e. The van der Waals surface area contributed by atoms with E-state index >= 15 is 0 Å². The van der Waals surface area contributed by atoms with Gasteiger partial charge in [0.05, 0.1) is 5.60 Å². The Morgan fingerprint density at radius 3 is 2.53 bits per heavy atom. The Balaban J connectivity index is 1.63. The zero-order valence-corrected chi connectivity index (χ0v) is 18.8. The summed E-state index contributed by atoms with van der Waals surface area (Å²) in [6.45, 7) is 6.47. The number of rotatable bonds is 5. The zero-order valence-electron chi connectivity index (χ0n) is 18.8. The van der Waals surface area contributed by atoms with Crippen molar-refractivity contribution in [3.05, 3.63) is 59.3 Å². The normalized spacial score (nSPS) is 24.0. The number of halogens is 2. The fourth-order valence-electron chi connectivity index (χ4n) is 4.88. The highest BCUT2D eigenvalue weighted by molar-refractivity contribution is 5.93. The van der Waals surface area contributed by atoms with E-state index in [-0.39, 0.29) is 5.91 Å². The molecule has 0 spiro atoms. The number of aromatic nitrogens is 1. The predicted octanol–water partition coefficient (Wildman–Crippen LogP) is 3.97. The molecule has 1 aromatic carbocycles. The highest BCUT2D eigenvalue weighted by Crippen LogP contribution is 2.40. The van der Waals surface area contributed by atoms with Gasteiger partial charge in [-0.05, 0) is 75.9 Å². The number of carbonyl (C=O) groups excluding carboxylic acids is 1. The minimum Gasteiger partial charge on any atom is -0.390 e. The lowest BCUT2D eigenvalue weighted by Crippen LogP contribution is -2.51. The summed E-state index contributed by atoms with van der Waals surface area (Å²) in [6, 6.07) is 9.68. The summed E-state index contributed by atoms with van der Waals surface area (Å²) in [7, 11) is 0. The zero-order chi connectivity index (χ0) is 22.9. The first-order chi connectivity index (χ1) is 15.2. The van der Waals surface area contributed by atoms with Crippen LogP contribution in [-0.4, -0.2) is 52.7 Å². The average molecular weight is 444 g/mol. The molecule has 1 N–H and O–H groups in total. The Morgan fingerprint density at radius 1 is 1.09 bits per heavy atom. The molecule has 0 radical (unpaired) electrons. The van der Waals surface area contributed by atoms with Gasteiger partial charge in [0.15, 0.2) is 11.6 Å². The molecule has 1 unspecified atom stereocenters. The molecule has 3 heterocycles. The maximum absolute atomic E-state index is 14.2. The fourth-order valence-corrected chi connectivity index (χ4v) is 4.88. The van der Waals surface area contributed by atoms with E-state index in [1.165, 1.54) is 12.1 Å². The number of aliphatic hydroxyl groups is 1. The van der Waals surface area contributed by atoms with Crippen molar-refractivity contribution in [2.24, 2.45) is 0 Å². The Kier molecular flexibility index (Phi) is 6.32. The molecule has 1 atom stereocenters. The number of anilines is 1. The Morgan fingerprint density at radius 2 is 1.84 bits per heavy atom. The van der Waals surface area contributed by atoms with E-state index in [4.69, 9.17) is 0 Å². The van der Waals surface area contributed by atoms with Gasteiger partial charge in [-0.3, -0.25) is 9.69 Å². The number of hydrogen-bond donors (Lipinski definition) is 1. The first kappa shape index (κ1) is 22.8. The molecule has 2 fully saturated rings. The molecule has 2 aliphatic heterocycles. The lowest BCUT2D eigenvalue weighted by Gasteiger charge is -2.44. The van der Waals surface area contributed by atoms with Gasteiger partial charge in [-0.25, -0.2) is 13.8 Å². The molecule has 7 heteroatoms. The van der Waals surface area contributed by atoms with Gasteiger partial charge in [0.25, 0.3) is 0 Å². The van der Waals surface area contributed by atoms with Gasteiger partial charge in [0.1, 0.15) is 5.82 Å². The standard InChI is InChI=1S/C25H31F2N3O2/c1-18-4-3-5-22(28-18)30-17-25(9-8-23(30)31,19-6-7-20(26)21(27)16-19)12-15-29-13-10-24(2,32)11-14-29/h3-7,16,32H,8-15,17H2,1-2H3. The minimum atomic E-state index is -0.869. The van der Waals surface area contributed by atoms with E-state index in [0.717, 1.165) is 25.3 Å². The van der Waals surface area contributed by atoms with Crippen molar-refractivity contribution in [1.82, 2.24) is 9.88 Å². The number of nitrogens with zero attached hydrogens (tertiary/aromatic N) is 3. The summed E-state index contributed by atoms with van der Waals surface area (Å²) >= 11 is 0. The van der Waals surface area contributed by atoms with Crippen LogP contribution in [0.5, 0.6) is 0 Å². The number of benzene rings is 1. The fraction of sp³-hybridized carbons (Fsp3) is 0.520. The average Bonchev–Trinajstić information content (AvgIpc) is 2.76. The summed E-state index contributed by atoms with van der Waals surface area (Å²) in [5, 5.41) is 10.3. The SMILES string of the molecule is Cc1cccc(N2CC(CCN3CCC(C)(O)CC3)(c3ccc(F)c(F)c3)CCC2=O)n1. The summed E-state index contributed by atoms with van der Waals surface area (Å²) in [4.78, 5) is 21.4. The van der Waals surface area contributed by atoms with E-state index in [1.807, 2.05) is 32.0 Å². The second kappa shape index (κ2) is 8.87. The maximum atomic E-state index is 14.2. The molecular weight excluding hydrogens is 412 g/mol. The number of amides is 1. The summed E-state index contributed by atoms with van der Waals surface area (Å²) in [5.41, 5.74) is 0.401. The van der Waals surface area contributed by atoms with E-state index in [0.29, 0.717) is 50.0 Å². The van der Waals surface area contributed by atoms with Gasteiger partial charge in [0, 0.05) is 37.2 Å². The molecule has 2 saturated heterocycles. The molecule has 2 aromatic rings. The van der Waals surface area contributed by atoms with E-state index in [9.17, 15) is 18.7 Å². The van der Waals surface area contributed by atoms with Gasteiger partial charge in [-0.15, -0.1) is 0 Å². The Labute approximate surface area is 188 Å². The van der Waals surface area contributed by atoms with Crippen molar-refractivity contribution in [1.29, 1.82) is 0 Å². The van der Waals surface area contributed by atoms with Crippen LogP contribution in [0.15, 0.2) is 36.4 Å². The lowest BCUT2D eigenvalue weighted by atomic mass is 9.71. The van der Waals surface area contributed by atoms with E-state index in [1.54, 1.807) is 11.0 Å². The quantitative estimate of drug-likeness (QED) is 0.760. The summed E-state index contributed by atoms with van der Waals surface area (Å²) < 4.78 is 27.9. The summed E-state index contributed by atoms with van der Waals surface area (Å²) in [5.74, 6) is -1.15. The van der Waals surface area contributed by atoms with Crippen LogP contribution in [0, 0.1) is 18.6 Å². The molecule has 4 rings (SSSR count). The molecule has 1 aromatic heterocycles. The highest BCUT2D eigenvalue weighted by Gasteiger charge is 2.42. The third-order valence-corrected chi connectivity index (χ3v) is 7.10. The molecule has 32 heavy (non-hydrogen) atoms. The Hall–Kier alpha value is -2.38. The van der Waals surface area contributed by atoms with E-state index in [2.05, 4.69) is 9.88 Å². The van der Waals surface area contributed by atoms with Crippen LogP contribution in [0.3, 0.4) is 0 Å². The first-order valence-electron chi connectivity index (χ1n) is 11.3. The van der Waals surface area contributed by atoms with Crippen LogP contribution in [0.2, 0.25) is 0 Å². The molecule has 0 aliphatic carbocycles. The molecule has 172 valence electrons. The van der Waals surface area contributed by atoms with Gasteiger partial charge < -0.3 is 10.0 Å². The third kappa shape index (κ3) is 4.84. The number of pyridine rings is 1. The molecule has 2 aliphatic rings. The predicted molar refractivity (Wildman–Crippen MR) is 120 cm³/mol. The number of piperidine rings is 2. The van der Waals surface area contributed by atoms with Crippen molar-refractivity contribution >= 4 is 11.7 Å². The van der Waals surface area contributed by atoms with Crippen LogP contribution in [-0.2, 0) is 10.2 Å². The van der Waals surface area contributed by atoms with Gasteiger partial charge in [-0.1, -0.05) is 12.1 Å². The topological polar surface area (TPSA) is 56.7 Å². The van der Waals surface area contributed by atoms with Crippen LogP contribution >= 0.6 is 0 Å². The van der Waals surface area contributed by atoms with Gasteiger partial charge >= 0.3 is 0 Å². The summed E-state index contributed by atoms with van der Waals surface area (Å²) in [6.07, 6.45) is 3.02. The van der Waals surface area contributed by atoms with Gasteiger partial charge in [0.2, 0.25) is 5.91 Å². The molecule has 5 nitrogen and oxygen atoms in total. The third-order valence-electron chi connectivity index (χ3n) is 7.10. The highest BCUT2D eigenvalue weighted by atomic mass is 19.2. The molecule has 0 saturated carbocycles. The monoisotopic (exact) mass is 443 g/mol. The lowest BCUT2D eigenvalue weighted by molar-refractivity contribution is -0.120. The number of carbonyl (C=O) groups is 1. The van der Waals surface area contributed by atoms with Crippen molar-refractivity contribution in [2.75, 3.05) is 31.1 Å². The number of aryl methyl sites for hydroxylation is 1. The largest absolute Gasteiger partial charge is 0.390 e. The minimum absolute atomic E-state index is 0.00433. The molecule has 1 amide bonds. The maximum Gasteiger partial charge on any atom is 0.228 e.